The van der Waals surface area contributed by atoms with Gasteiger partial charge in [-0.3, -0.25) is 4.79 Å². The smallest absolute Gasteiger partial charge is 0.329 e. The molecule has 1 aromatic rings. The molecule has 5 nitrogen and oxygen atoms in total. The number of hydrogen-bond donors (Lipinski definition) is 2. The van der Waals surface area contributed by atoms with Gasteiger partial charge in [-0.25, -0.2) is 9.78 Å². The van der Waals surface area contributed by atoms with Crippen molar-refractivity contribution in [3.05, 3.63) is 15.6 Å². The highest BCUT2D eigenvalue weighted by Crippen LogP contribution is 2.18. The zero-order valence-electron chi connectivity index (χ0n) is 10.3. The molecule has 0 bridgehead atoms. The number of nitrogens with one attached hydrogen (secondary N) is 1. The maximum absolute atomic E-state index is 11.9. The predicted molar refractivity (Wildman–Crippen MR) is 65.4 cm³/mol. The second-order valence-electron chi connectivity index (χ2n) is 4.08. The van der Waals surface area contributed by atoms with Crippen molar-refractivity contribution in [2.24, 2.45) is 0 Å². The van der Waals surface area contributed by atoms with E-state index in [1.807, 2.05) is 6.92 Å². The number of amides is 1. The number of thiazole rings is 1. The van der Waals surface area contributed by atoms with Gasteiger partial charge < -0.3 is 10.4 Å². The summed E-state index contributed by atoms with van der Waals surface area (Å²) in [6.45, 7) is 6.81. The second kappa shape index (κ2) is 4.83. The largest absolute Gasteiger partial charge is 0.480 e. The Bertz CT molecular complexity index is 456. The third-order valence-corrected chi connectivity index (χ3v) is 3.57. The molecule has 2 N–H and O–H groups in total. The molecular formula is C11H16N2O3S. The van der Waals surface area contributed by atoms with Gasteiger partial charge in [-0.15, -0.1) is 11.3 Å². The molecule has 0 aliphatic heterocycles. The summed E-state index contributed by atoms with van der Waals surface area (Å²) >= 11 is 1.42. The standard InChI is InChI=1S/C11H16N2O3S/c1-5-11(4,10(15)16)13-9(14)8-6(2)17-7(3)12-8/h5H2,1-4H3,(H,13,14)(H,15,16). The third-order valence-electron chi connectivity index (χ3n) is 2.69. The monoisotopic (exact) mass is 256 g/mol. The average molecular weight is 256 g/mol. The summed E-state index contributed by atoms with van der Waals surface area (Å²) in [5, 5.41) is 12.4. The van der Waals surface area contributed by atoms with Crippen LogP contribution in [0.1, 0.15) is 40.6 Å². The molecule has 1 atom stereocenters. The van der Waals surface area contributed by atoms with Crippen LogP contribution in [0.15, 0.2) is 0 Å². The summed E-state index contributed by atoms with van der Waals surface area (Å²) in [5.41, 5.74) is -0.936. The van der Waals surface area contributed by atoms with E-state index in [1.54, 1.807) is 13.8 Å². The van der Waals surface area contributed by atoms with Crippen molar-refractivity contribution in [2.45, 2.75) is 39.7 Å². The molecule has 1 rings (SSSR count). The highest BCUT2D eigenvalue weighted by atomic mass is 32.1. The van der Waals surface area contributed by atoms with Crippen LogP contribution in [0.25, 0.3) is 0 Å². The van der Waals surface area contributed by atoms with Crippen molar-refractivity contribution >= 4 is 23.2 Å². The zero-order chi connectivity index (χ0) is 13.2. The quantitative estimate of drug-likeness (QED) is 0.860. The van der Waals surface area contributed by atoms with E-state index in [9.17, 15) is 9.59 Å². The van der Waals surface area contributed by atoms with E-state index in [-0.39, 0.29) is 0 Å². The van der Waals surface area contributed by atoms with Crippen LogP contribution in [0.3, 0.4) is 0 Å². The molecule has 0 aromatic carbocycles. The molecule has 6 heteroatoms. The van der Waals surface area contributed by atoms with E-state index in [2.05, 4.69) is 10.3 Å². The molecule has 1 aromatic heterocycles. The van der Waals surface area contributed by atoms with Crippen molar-refractivity contribution in [1.82, 2.24) is 10.3 Å². The van der Waals surface area contributed by atoms with Gasteiger partial charge in [0.05, 0.1) is 5.01 Å². The Kier molecular flexibility index (Phi) is 3.87. The number of carbonyl (C=O) groups excluding carboxylic acids is 1. The molecule has 0 fully saturated rings. The van der Waals surface area contributed by atoms with Gasteiger partial charge in [0.1, 0.15) is 11.2 Å². The second-order valence-corrected chi connectivity index (χ2v) is 5.49. The van der Waals surface area contributed by atoms with Crippen molar-refractivity contribution in [3.63, 3.8) is 0 Å². The number of aliphatic carboxylic acids is 1. The number of nitrogens with zero attached hydrogens (tertiary/aromatic N) is 1. The fraction of sp³-hybridized carbons (Fsp3) is 0.545. The maximum atomic E-state index is 11.9. The zero-order valence-corrected chi connectivity index (χ0v) is 11.1. The van der Waals surface area contributed by atoms with E-state index in [4.69, 9.17) is 5.11 Å². The van der Waals surface area contributed by atoms with E-state index in [0.717, 1.165) is 9.88 Å². The molecule has 0 spiro atoms. The van der Waals surface area contributed by atoms with Crippen molar-refractivity contribution < 1.29 is 14.7 Å². The van der Waals surface area contributed by atoms with Gasteiger partial charge in [-0.2, -0.15) is 0 Å². The molecule has 0 saturated heterocycles. The number of carboxylic acid groups (broad SMARTS) is 1. The first kappa shape index (κ1) is 13.6. The number of rotatable bonds is 4. The molecule has 1 unspecified atom stereocenters. The van der Waals surface area contributed by atoms with Gasteiger partial charge >= 0.3 is 5.97 Å². The Labute approximate surface area is 104 Å². The van der Waals surface area contributed by atoms with E-state index in [1.165, 1.54) is 18.3 Å². The summed E-state index contributed by atoms with van der Waals surface area (Å²) in [5.74, 6) is -1.48. The van der Waals surface area contributed by atoms with Crippen molar-refractivity contribution in [2.75, 3.05) is 0 Å². The Morgan fingerprint density at radius 2 is 2.06 bits per heavy atom. The molecule has 17 heavy (non-hydrogen) atoms. The summed E-state index contributed by atoms with van der Waals surface area (Å²) < 4.78 is 0. The molecule has 94 valence electrons. The van der Waals surface area contributed by atoms with Crippen LogP contribution in [-0.2, 0) is 4.79 Å². The number of aromatic nitrogens is 1. The maximum Gasteiger partial charge on any atom is 0.329 e. The molecule has 0 aliphatic rings. The van der Waals surface area contributed by atoms with Crippen LogP contribution in [-0.4, -0.2) is 27.5 Å². The first-order valence-corrected chi connectivity index (χ1v) is 6.11. The first-order valence-electron chi connectivity index (χ1n) is 5.30. The molecule has 1 heterocycles. The number of hydrogen-bond acceptors (Lipinski definition) is 4. The highest BCUT2D eigenvalue weighted by Gasteiger charge is 2.33. The normalized spacial score (nSPS) is 14.1. The minimum Gasteiger partial charge on any atom is -0.480 e. The van der Waals surface area contributed by atoms with Crippen LogP contribution in [0.4, 0.5) is 0 Å². The average Bonchev–Trinajstić information content (AvgIpc) is 2.57. The summed E-state index contributed by atoms with van der Waals surface area (Å²) in [7, 11) is 0. The van der Waals surface area contributed by atoms with Gasteiger partial charge in [-0.05, 0) is 27.2 Å². The van der Waals surface area contributed by atoms with Gasteiger partial charge in [0.25, 0.3) is 5.91 Å². The molecule has 1 amide bonds. The fourth-order valence-corrected chi connectivity index (χ4v) is 2.16. The lowest BCUT2D eigenvalue weighted by Crippen LogP contribution is -2.51. The first-order chi connectivity index (χ1) is 7.80. The number of aryl methyl sites for hydroxylation is 2. The number of carbonyl (C=O) groups is 2. The molecule has 0 aliphatic carbocycles. The van der Waals surface area contributed by atoms with Crippen molar-refractivity contribution in [3.8, 4) is 0 Å². The number of carboxylic acids is 1. The van der Waals surface area contributed by atoms with Gasteiger partial charge in [0.2, 0.25) is 0 Å². The van der Waals surface area contributed by atoms with Gasteiger partial charge in [0.15, 0.2) is 0 Å². The molecule has 0 saturated carbocycles. The van der Waals surface area contributed by atoms with Gasteiger partial charge in [-0.1, -0.05) is 6.92 Å². The lowest BCUT2D eigenvalue weighted by atomic mass is 9.99. The lowest BCUT2D eigenvalue weighted by molar-refractivity contribution is -0.143. The van der Waals surface area contributed by atoms with Crippen LogP contribution < -0.4 is 5.32 Å². The van der Waals surface area contributed by atoms with E-state index in [0.29, 0.717) is 12.1 Å². The SMILES string of the molecule is CCC(C)(NC(=O)c1nc(C)sc1C)C(=O)O. The fourth-order valence-electron chi connectivity index (χ4n) is 1.34. The van der Waals surface area contributed by atoms with Crippen LogP contribution in [0.2, 0.25) is 0 Å². The van der Waals surface area contributed by atoms with Crippen molar-refractivity contribution in [1.29, 1.82) is 0 Å². The summed E-state index contributed by atoms with van der Waals surface area (Å²) in [6, 6.07) is 0. The Morgan fingerprint density at radius 1 is 1.47 bits per heavy atom. The minimum atomic E-state index is -1.25. The van der Waals surface area contributed by atoms with Crippen LogP contribution in [0.5, 0.6) is 0 Å². The van der Waals surface area contributed by atoms with Crippen LogP contribution in [0, 0.1) is 13.8 Å². The van der Waals surface area contributed by atoms with E-state index < -0.39 is 17.4 Å². The minimum absolute atomic E-state index is 0.313. The van der Waals surface area contributed by atoms with E-state index >= 15 is 0 Å². The molecule has 0 radical (unpaired) electrons. The predicted octanol–water partition coefficient (Wildman–Crippen LogP) is 1.74. The Morgan fingerprint density at radius 3 is 2.41 bits per heavy atom. The lowest BCUT2D eigenvalue weighted by Gasteiger charge is -2.24. The highest BCUT2D eigenvalue weighted by molar-refractivity contribution is 7.11. The Balaban J connectivity index is 2.93. The summed E-state index contributed by atoms with van der Waals surface area (Å²) in [4.78, 5) is 27.9. The summed E-state index contributed by atoms with van der Waals surface area (Å²) in [6.07, 6.45) is 0.316. The molecular weight excluding hydrogens is 240 g/mol. The van der Waals surface area contributed by atoms with Gasteiger partial charge in [0, 0.05) is 4.88 Å². The van der Waals surface area contributed by atoms with Crippen LogP contribution >= 0.6 is 11.3 Å². The Hall–Kier alpha value is -1.43. The third kappa shape index (κ3) is 2.82. The topological polar surface area (TPSA) is 79.3 Å².